The number of nitriles is 1. The fourth-order valence-electron chi connectivity index (χ4n) is 2.00. The largest absolute Gasteiger partial charge is 0.361 e. The Morgan fingerprint density at radius 3 is 3.00 bits per heavy atom. The van der Waals surface area contributed by atoms with Gasteiger partial charge < -0.3 is 10.3 Å². The molecule has 0 saturated heterocycles. The molecule has 0 fully saturated rings. The van der Waals surface area contributed by atoms with E-state index in [0.29, 0.717) is 6.42 Å². The van der Waals surface area contributed by atoms with E-state index in [0.717, 1.165) is 18.5 Å². The van der Waals surface area contributed by atoms with E-state index in [1.54, 1.807) is 0 Å². The highest BCUT2D eigenvalue weighted by Gasteiger charge is 2.07. The lowest BCUT2D eigenvalue weighted by Crippen LogP contribution is -2.27. The Balaban J connectivity index is 2.06. The lowest BCUT2D eigenvalue weighted by atomic mass is 10.1. The SMILES string of the molecule is CCC(CC#N)NCc1c[nH]c2ccccc12. The summed E-state index contributed by atoms with van der Waals surface area (Å²) in [4.78, 5) is 3.26. The Hall–Kier alpha value is -1.79. The number of aromatic amines is 1. The summed E-state index contributed by atoms with van der Waals surface area (Å²) < 4.78 is 0. The van der Waals surface area contributed by atoms with Crippen molar-refractivity contribution in [2.45, 2.75) is 32.4 Å². The van der Waals surface area contributed by atoms with E-state index < -0.39 is 0 Å². The molecule has 1 heterocycles. The van der Waals surface area contributed by atoms with Crippen LogP contribution < -0.4 is 5.32 Å². The standard InChI is InChI=1S/C14H17N3/c1-2-12(7-8-15)16-9-11-10-17-14-6-4-3-5-13(11)14/h3-6,10,12,16-17H,2,7,9H2,1H3. The molecule has 0 aliphatic heterocycles. The third kappa shape index (κ3) is 2.66. The zero-order valence-corrected chi connectivity index (χ0v) is 10.0. The lowest BCUT2D eigenvalue weighted by molar-refractivity contribution is 0.506. The van der Waals surface area contributed by atoms with Crippen molar-refractivity contribution in [3.8, 4) is 6.07 Å². The van der Waals surface area contributed by atoms with Crippen LogP contribution >= 0.6 is 0 Å². The molecule has 17 heavy (non-hydrogen) atoms. The molecule has 0 amide bonds. The van der Waals surface area contributed by atoms with Crippen molar-refractivity contribution in [1.82, 2.24) is 10.3 Å². The van der Waals surface area contributed by atoms with Crippen molar-refractivity contribution in [3.05, 3.63) is 36.0 Å². The van der Waals surface area contributed by atoms with Gasteiger partial charge in [-0.3, -0.25) is 0 Å². The summed E-state index contributed by atoms with van der Waals surface area (Å²) in [5.41, 5.74) is 2.43. The zero-order valence-electron chi connectivity index (χ0n) is 10.0. The van der Waals surface area contributed by atoms with Gasteiger partial charge in [0.1, 0.15) is 0 Å². The Morgan fingerprint density at radius 1 is 1.41 bits per heavy atom. The molecule has 1 aromatic carbocycles. The van der Waals surface area contributed by atoms with Crippen LogP contribution in [-0.2, 0) is 6.54 Å². The van der Waals surface area contributed by atoms with Crippen molar-refractivity contribution in [1.29, 1.82) is 5.26 Å². The highest BCUT2D eigenvalue weighted by molar-refractivity contribution is 5.82. The maximum Gasteiger partial charge on any atom is 0.0638 e. The van der Waals surface area contributed by atoms with Crippen LogP contribution in [0.2, 0.25) is 0 Å². The monoisotopic (exact) mass is 227 g/mol. The molecule has 2 aromatic rings. The van der Waals surface area contributed by atoms with E-state index in [1.165, 1.54) is 10.9 Å². The molecule has 0 aliphatic rings. The number of hydrogen-bond acceptors (Lipinski definition) is 2. The molecule has 0 aliphatic carbocycles. The summed E-state index contributed by atoms with van der Waals surface area (Å²) in [6.45, 7) is 2.91. The van der Waals surface area contributed by atoms with Crippen LogP contribution in [0.5, 0.6) is 0 Å². The van der Waals surface area contributed by atoms with E-state index in [-0.39, 0.29) is 6.04 Å². The fraction of sp³-hybridized carbons (Fsp3) is 0.357. The minimum Gasteiger partial charge on any atom is -0.361 e. The Labute approximate surface area is 101 Å². The molecular formula is C14H17N3. The summed E-state index contributed by atoms with van der Waals surface area (Å²) in [7, 11) is 0. The number of nitrogens with zero attached hydrogens (tertiary/aromatic N) is 1. The molecule has 1 atom stereocenters. The number of hydrogen-bond donors (Lipinski definition) is 2. The van der Waals surface area contributed by atoms with Crippen LogP contribution in [-0.4, -0.2) is 11.0 Å². The van der Waals surface area contributed by atoms with Crippen LogP contribution in [0.15, 0.2) is 30.5 Å². The Morgan fingerprint density at radius 2 is 2.24 bits per heavy atom. The topological polar surface area (TPSA) is 51.6 Å². The first kappa shape index (κ1) is 11.7. The smallest absolute Gasteiger partial charge is 0.0638 e. The summed E-state index contributed by atoms with van der Waals surface area (Å²) in [5, 5.41) is 13.4. The Bertz CT molecular complexity index is 521. The minimum absolute atomic E-state index is 0.286. The molecule has 88 valence electrons. The molecule has 3 heteroatoms. The molecule has 3 nitrogen and oxygen atoms in total. The average Bonchev–Trinajstić information content (AvgIpc) is 2.78. The van der Waals surface area contributed by atoms with Gasteiger partial charge in [0.15, 0.2) is 0 Å². The Kier molecular flexibility index (Phi) is 3.79. The highest BCUT2D eigenvalue weighted by atomic mass is 14.9. The fourth-order valence-corrected chi connectivity index (χ4v) is 2.00. The molecule has 0 radical (unpaired) electrons. The molecule has 0 saturated carbocycles. The van der Waals surface area contributed by atoms with Crippen LogP contribution in [0.4, 0.5) is 0 Å². The quantitative estimate of drug-likeness (QED) is 0.825. The maximum absolute atomic E-state index is 8.70. The molecule has 0 bridgehead atoms. The van der Waals surface area contributed by atoms with Crippen LogP contribution in [0.3, 0.4) is 0 Å². The zero-order chi connectivity index (χ0) is 12.1. The molecular weight excluding hydrogens is 210 g/mol. The van der Waals surface area contributed by atoms with Gasteiger partial charge in [-0.15, -0.1) is 0 Å². The predicted octanol–water partition coefficient (Wildman–Crippen LogP) is 2.95. The van der Waals surface area contributed by atoms with Gasteiger partial charge in [0.2, 0.25) is 0 Å². The lowest BCUT2D eigenvalue weighted by Gasteiger charge is -2.12. The van der Waals surface area contributed by atoms with Gasteiger partial charge in [0, 0.05) is 29.7 Å². The predicted molar refractivity (Wildman–Crippen MR) is 69.4 cm³/mol. The van der Waals surface area contributed by atoms with Gasteiger partial charge in [0.25, 0.3) is 0 Å². The first-order valence-electron chi connectivity index (χ1n) is 6.00. The maximum atomic E-state index is 8.70. The number of H-pyrrole nitrogens is 1. The molecule has 2 rings (SSSR count). The van der Waals surface area contributed by atoms with Crippen LogP contribution in [0.1, 0.15) is 25.3 Å². The van der Waals surface area contributed by atoms with Gasteiger partial charge >= 0.3 is 0 Å². The minimum atomic E-state index is 0.286. The first-order chi connectivity index (χ1) is 8.35. The van der Waals surface area contributed by atoms with Gasteiger partial charge in [0.05, 0.1) is 12.5 Å². The first-order valence-corrected chi connectivity index (χ1v) is 6.00. The summed E-state index contributed by atoms with van der Waals surface area (Å²) in [6.07, 6.45) is 3.59. The van der Waals surface area contributed by atoms with Gasteiger partial charge in [-0.25, -0.2) is 0 Å². The number of aromatic nitrogens is 1. The van der Waals surface area contributed by atoms with Gasteiger partial charge in [-0.2, -0.15) is 5.26 Å². The molecule has 2 N–H and O–H groups in total. The van der Waals surface area contributed by atoms with Crippen molar-refractivity contribution in [3.63, 3.8) is 0 Å². The van der Waals surface area contributed by atoms with Crippen molar-refractivity contribution >= 4 is 10.9 Å². The van der Waals surface area contributed by atoms with E-state index in [9.17, 15) is 0 Å². The molecule has 0 spiro atoms. The second-order valence-electron chi connectivity index (χ2n) is 4.21. The summed E-state index contributed by atoms with van der Waals surface area (Å²) in [5.74, 6) is 0. The van der Waals surface area contributed by atoms with E-state index in [1.807, 2.05) is 18.3 Å². The third-order valence-electron chi connectivity index (χ3n) is 3.09. The van der Waals surface area contributed by atoms with Crippen molar-refractivity contribution < 1.29 is 0 Å². The number of fused-ring (bicyclic) bond motifs is 1. The normalized spacial score (nSPS) is 12.5. The second kappa shape index (κ2) is 5.51. The van der Waals surface area contributed by atoms with E-state index >= 15 is 0 Å². The van der Waals surface area contributed by atoms with Crippen molar-refractivity contribution in [2.24, 2.45) is 0 Å². The van der Waals surface area contributed by atoms with Crippen LogP contribution in [0.25, 0.3) is 10.9 Å². The van der Waals surface area contributed by atoms with Gasteiger partial charge in [-0.05, 0) is 18.1 Å². The van der Waals surface area contributed by atoms with Crippen LogP contribution in [0, 0.1) is 11.3 Å². The van der Waals surface area contributed by atoms with Gasteiger partial charge in [-0.1, -0.05) is 25.1 Å². The number of rotatable bonds is 5. The van der Waals surface area contributed by atoms with E-state index in [4.69, 9.17) is 5.26 Å². The molecule has 1 aromatic heterocycles. The number of nitrogens with one attached hydrogen (secondary N) is 2. The average molecular weight is 227 g/mol. The van der Waals surface area contributed by atoms with E-state index in [2.05, 4.69) is 35.4 Å². The summed E-state index contributed by atoms with van der Waals surface area (Å²) in [6, 6.07) is 10.8. The third-order valence-corrected chi connectivity index (χ3v) is 3.09. The second-order valence-corrected chi connectivity index (χ2v) is 4.21. The molecule has 1 unspecified atom stereocenters. The highest BCUT2D eigenvalue weighted by Crippen LogP contribution is 2.17. The number of para-hydroxylation sites is 1. The summed E-state index contributed by atoms with van der Waals surface area (Å²) >= 11 is 0. The number of benzene rings is 1. The van der Waals surface area contributed by atoms with Crippen molar-refractivity contribution in [2.75, 3.05) is 0 Å².